The maximum absolute atomic E-state index is 13.0. The molecule has 0 amide bonds. The summed E-state index contributed by atoms with van der Waals surface area (Å²) >= 11 is 0. The maximum Gasteiger partial charge on any atom is 0.472 e. The summed E-state index contributed by atoms with van der Waals surface area (Å²) in [5.41, 5.74) is 0. The van der Waals surface area contributed by atoms with Gasteiger partial charge in [-0.05, 0) is 161 Å². The van der Waals surface area contributed by atoms with E-state index in [1.54, 1.807) is 0 Å². The summed E-state index contributed by atoms with van der Waals surface area (Å²) in [5.74, 6) is -1.62. The fourth-order valence-electron chi connectivity index (χ4n) is 10.9. The Kier molecular flexibility index (Phi) is 79.6. The molecule has 0 aromatic rings. The van der Waals surface area contributed by atoms with Gasteiger partial charge in [0.05, 0.1) is 26.4 Å². The number of hydrogen-bond acceptors (Lipinski definition) is 14. The number of unbranched alkanes of at least 4 members (excludes halogenated alkanes) is 24. The van der Waals surface area contributed by atoms with E-state index in [-0.39, 0.29) is 19.3 Å². The van der Waals surface area contributed by atoms with E-state index in [1.165, 1.54) is 64.2 Å². The van der Waals surface area contributed by atoms with Crippen LogP contribution in [0, 0.1) is 0 Å². The Morgan fingerprint density at radius 2 is 0.450 bits per heavy atom. The number of allylic oxidation sites excluding steroid dienone is 32. The minimum Gasteiger partial charge on any atom is -0.463 e. The van der Waals surface area contributed by atoms with Gasteiger partial charge >= 0.3 is 33.6 Å². The summed E-state index contributed by atoms with van der Waals surface area (Å²) in [4.78, 5) is 58.8. The van der Waals surface area contributed by atoms with Crippen LogP contribution in [0.3, 0.4) is 0 Å². The van der Waals surface area contributed by atoms with Gasteiger partial charge in [-0.25, -0.2) is 9.13 Å². The van der Waals surface area contributed by atoms with E-state index in [2.05, 4.69) is 215 Å². The van der Waals surface area contributed by atoms with Gasteiger partial charge in [0.2, 0.25) is 0 Å². The van der Waals surface area contributed by atoms with Gasteiger partial charge in [0, 0.05) is 19.3 Å². The molecule has 0 spiro atoms. The quantitative estimate of drug-likeness (QED) is 0.0146. The van der Waals surface area contributed by atoms with Crippen molar-refractivity contribution in [1.82, 2.24) is 0 Å². The highest BCUT2D eigenvalue weighted by Crippen LogP contribution is 2.45. The van der Waals surface area contributed by atoms with Crippen molar-refractivity contribution in [3.05, 3.63) is 194 Å². The van der Waals surface area contributed by atoms with Crippen LogP contribution in [-0.4, -0.2) is 95.9 Å². The Bertz CT molecular complexity index is 2800. The number of esters is 3. The molecule has 4 N–H and O–H groups in total. The van der Waals surface area contributed by atoms with Crippen LogP contribution in [0.1, 0.15) is 316 Å². The number of phosphoric acid groups is 2. The first-order valence-corrected chi connectivity index (χ1v) is 45.7. The van der Waals surface area contributed by atoms with Crippen molar-refractivity contribution in [3.8, 4) is 0 Å². The van der Waals surface area contributed by atoms with Crippen LogP contribution in [0.5, 0.6) is 0 Å². The molecule has 0 radical (unpaired) electrons. The van der Waals surface area contributed by atoms with Gasteiger partial charge < -0.3 is 34.2 Å². The molecule has 630 valence electrons. The Morgan fingerprint density at radius 1 is 0.252 bits per heavy atom. The van der Waals surface area contributed by atoms with Crippen molar-refractivity contribution in [2.75, 3.05) is 39.6 Å². The van der Waals surface area contributed by atoms with E-state index >= 15 is 0 Å². The average Bonchev–Trinajstić information content (AvgIpc) is 0.901. The van der Waals surface area contributed by atoms with E-state index in [1.807, 2.05) is 0 Å². The Morgan fingerprint density at radius 3 is 0.712 bits per heavy atom. The lowest BCUT2D eigenvalue weighted by molar-refractivity contribution is -0.161. The van der Waals surface area contributed by atoms with Crippen molar-refractivity contribution in [2.45, 2.75) is 334 Å². The van der Waals surface area contributed by atoms with Crippen LogP contribution in [-0.2, 0) is 55.8 Å². The van der Waals surface area contributed by atoms with E-state index in [0.29, 0.717) is 19.3 Å². The lowest BCUT2D eigenvalue weighted by atomic mass is 10.1. The van der Waals surface area contributed by atoms with Crippen molar-refractivity contribution >= 4 is 33.6 Å². The Balaban J connectivity index is 4.61. The minimum atomic E-state index is -4.95. The zero-order valence-corrected chi connectivity index (χ0v) is 70.8. The van der Waals surface area contributed by atoms with Crippen LogP contribution in [0.15, 0.2) is 194 Å². The number of phosphoric ester groups is 2. The smallest absolute Gasteiger partial charge is 0.463 e. The molecule has 0 aromatic heterocycles. The molecule has 0 aliphatic heterocycles. The van der Waals surface area contributed by atoms with Crippen LogP contribution in [0.2, 0.25) is 0 Å². The second-order valence-corrected chi connectivity index (χ2v) is 30.7. The topological polar surface area (TPSA) is 231 Å². The molecule has 0 aromatic carbocycles. The molecular formula is C93H152O16P2. The standard InChI is InChI=1S/C93H152O16P2/c1-4-7-10-13-16-19-22-25-28-31-33-35-37-39-41-43-45-47-49-51-53-56-58-61-64-67-70-73-76-79-91(96)103-82-88(94)83-105-110(99,100)106-84-89(95)85-107-111(101,102)108-87-90(109-93(98)81-78-75-72-69-66-63-60-55-30-27-24-21-18-15-12-9-6-3)86-104-92(97)80-77-74-71-68-65-62-59-57-54-52-50-48-46-44-42-40-38-36-34-32-29-26-23-20-17-14-11-8-5-2/h7-12,16-21,25-30,33-36,39-42,45-48,60,63,88-90,94-95H,4-6,13-15,22-24,31-32,37-38,43-44,49-59,61-62,64-87H2,1-3H3,(H,99,100)(H,101,102)/b10-7-,11-8-,12-9-,19-16-,20-17-,21-18-,28-25-,29-26-,30-27-,35-33-,36-34-,41-39-,42-40-,47-45-,48-46-,63-60-. The third-order valence-corrected chi connectivity index (χ3v) is 19.2. The van der Waals surface area contributed by atoms with Gasteiger partial charge in [0.1, 0.15) is 25.4 Å². The van der Waals surface area contributed by atoms with Gasteiger partial charge in [-0.3, -0.25) is 32.5 Å². The van der Waals surface area contributed by atoms with Crippen molar-refractivity contribution in [2.24, 2.45) is 0 Å². The molecule has 16 nitrogen and oxygen atoms in total. The van der Waals surface area contributed by atoms with Gasteiger partial charge in [-0.1, -0.05) is 331 Å². The van der Waals surface area contributed by atoms with Gasteiger partial charge in [-0.15, -0.1) is 0 Å². The zero-order chi connectivity index (χ0) is 80.8. The Labute approximate surface area is 674 Å². The van der Waals surface area contributed by atoms with Crippen LogP contribution >= 0.6 is 15.6 Å². The van der Waals surface area contributed by atoms with Gasteiger partial charge in [0.15, 0.2) is 6.10 Å². The third kappa shape index (κ3) is 85.1. The molecule has 18 heteroatoms. The number of rotatable bonds is 79. The average molecular weight is 1590 g/mol. The number of hydrogen-bond donors (Lipinski definition) is 4. The second-order valence-electron chi connectivity index (χ2n) is 27.8. The van der Waals surface area contributed by atoms with Crippen LogP contribution in [0.4, 0.5) is 0 Å². The Hall–Kier alpha value is -5.61. The largest absolute Gasteiger partial charge is 0.472 e. The summed E-state index contributed by atoms with van der Waals surface area (Å²) in [6.45, 7) is 2.30. The van der Waals surface area contributed by atoms with E-state index < -0.39 is 91.5 Å². The molecule has 0 bridgehead atoms. The molecule has 0 saturated heterocycles. The van der Waals surface area contributed by atoms with Crippen LogP contribution < -0.4 is 0 Å². The molecule has 0 saturated carbocycles. The summed E-state index contributed by atoms with van der Waals surface area (Å²) < 4.78 is 61.3. The first-order valence-electron chi connectivity index (χ1n) is 42.7. The zero-order valence-electron chi connectivity index (χ0n) is 69.1. The number of ether oxygens (including phenoxy) is 3. The number of aliphatic hydroxyl groups is 2. The fourth-order valence-corrected chi connectivity index (χ4v) is 12.5. The SMILES string of the molecule is CC/C=C\C/C=C\C/C=C\C/C=C\C/C=C\C/C=C\CCCCCCCCCCCCC(=O)OCC(O)COP(=O)(O)OCC(O)COP(=O)(O)OCC(COC(=O)CCCCCCCCCCCC/C=C\C/C=C\C/C=C\C/C=C\C/C=C\C/C=C\CC)OC(=O)CCCCCC/C=C\C/C=C\C/C=C\C/C=C\CC. The highest BCUT2D eigenvalue weighted by molar-refractivity contribution is 7.47. The van der Waals surface area contributed by atoms with E-state index in [0.717, 1.165) is 193 Å². The molecular weight excluding hydrogens is 1430 g/mol. The highest BCUT2D eigenvalue weighted by atomic mass is 31.2. The summed E-state index contributed by atoms with van der Waals surface area (Å²) in [6.07, 6.45) is 110. The second kappa shape index (κ2) is 83.8. The number of aliphatic hydroxyl groups excluding tert-OH is 2. The van der Waals surface area contributed by atoms with Gasteiger partial charge in [-0.2, -0.15) is 0 Å². The van der Waals surface area contributed by atoms with Gasteiger partial charge in [0.25, 0.3) is 0 Å². The molecule has 0 rings (SSSR count). The predicted molar refractivity (Wildman–Crippen MR) is 463 cm³/mol. The predicted octanol–water partition coefficient (Wildman–Crippen LogP) is 25.9. The maximum atomic E-state index is 13.0. The minimum absolute atomic E-state index is 0.0691. The molecule has 0 aliphatic carbocycles. The molecule has 111 heavy (non-hydrogen) atoms. The molecule has 0 fully saturated rings. The number of carbonyl (C=O) groups is 3. The van der Waals surface area contributed by atoms with Crippen LogP contribution in [0.25, 0.3) is 0 Å². The third-order valence-electron chi connectivity index (χ3n) is 17.3. The van der Waals surface area contributed by atoms with Crippen molar-refractivity contribution in [3.63, 3.8) is 0 Å². The summed E-state index contributed by atoms with van der Waals surface area (Å²) in [5, 5.41) is 20.7. The normalized spacial score (nSPS) is 14.8. The number of carbonyl (C=O) groups excluding carboxylic acids is 3. The summed E-state index contributed by atoms with van der Waals surface area (Å²) in [6, 6.07) is 0. The highest BCUT2D eigenvalue weighted by Gasteiger charge is 2.29. The first-order chi connectivity index (χ1) is 54.2. The fraction of sp³-hybridized carbons (Fsp3) is 0.624. The van der Waals surface area contributed by atoms with Crippen molar-refractivity contribution < 1.29 is 75.8 Å². The lowest BCUT2D eigenvalue weighted by Crippen LogP contribution is -2.30. The molecule has 5 atom stereocenters. The summed E-state index contributed by atoms with van der Waals surface area (Å²) in [7, 11) is -9.82. The molecule has 0 heterocycles. The van der Waals surface area contributed by atoms with Crippen molar-refractivity contribution in [1.29, 1.82) is 0 Å². The monoisotopic (exact) mass is 1590 g/mol. The lowest BCUT2D eigenvalue weighted by Gasteiger charge is -2.21. The van der Waals surface area contributed by atoms with E-state index in [4.69, 9.17) is 32.3 Å². The van der Waals surface area contributed by atoms with E-state index in [9.17, 15) is 43.5 Å². The molecule has 0 aliphatic rings. The first kappa shape index (κ1) is 105. The molecule has 5 unspecified atom stereocenters.